The number of nitrogens with two attached hydrogens (primary N) is 1. The highest BCUT2D eigenvalue weighted by molar-refractivity contribution is 7.80. The van der Waals surface area contributed by atoms with Crippen molar-refractivity contribution in [3.05, 3.63) is 28.8 Å². The Morgan fingerprint density at radius 1 is 1.32 bits per heavy atom. The van der Waals surface area contributed by atoms with Crippen LogP contribution in [-0.4, -0.2) is 42.1 Å². The molecule has 1 aromatic carbocycles. The quantitative estimate of drug-likeness (QED) is 0.849. The van der Waals surface area contributed by atoms with E-state index in [4.69, 9.17) is 29.6 Å². The van der Waals surface area contributed by atoms with Gasteiger partial charge in [-0.1, -0.05) is 29.9 Å². The van der Waals surface area contributed by atoms with Gasteiger partial charge in [-0.25, -0.2) is 0 Å². The van der Waals surface area contributed by atoms with E-state index in [-0.39, 0.29) is 0 Å². The van der Waals surface area contributed by atoms with E-state index in [1.165, 1.54) is 19.4 Å². The van der Waals surface area contributed by atoms with Crippen LogP contribution in [-0.2, 0) is 0 Å². The van der Waals surface area contributed by atoms with Crippen molar-refractivity contribution in [1.82, 2.24) is 4.90 Å². The van der Waals surface area contributed by atoms with E-state index in [1.54, 1.807) is 0 Å². The summed E-state index contributed by atoms with van der Waals surface area (Å²) >= 11 is 11.4. The Balaban J connectivity index is 1.90. The minimum absolute atomic E-state index is 0.384. The molecule has 5 heteroatoms. The van der Waals surface area contributed by atoms with E-state index in [2.05, 4.69) is 15.9 Å². The number of nitrogens with zero attached hydrogens (tertiary/aromatic N) is 2. The van der Waals surface area contributed by atoms with Gasteiger partial charge in [-0.05, 0) is 31.5 Å². The second-order valence-corrected chi connectivity index (χ2v) is 6.12. The van der Waals surface area contributed by atoms with Gasteiger partial charge in [0.05, 0.1) is 10.6 Å². The fourth-order valence-electron chi connectivity index (χ4n) is 3.23. The van der Waals surface area contributed by atoms with Gasteiger partial charge in [0.2, 0.25) is 0 Å². The maximum Gasteiger partial charge on any atom is 0.107 e. The molecule has 2 aliphatic rings. The van der Waals surface area contributed by atoms with E-state index >= 15 is 0 Å². The third-order valence-corrected chi connectivity index (χ3v) is 4.69. The van der Waals surface area contributed by atoms with Crippen molar-refractivity contribution in [3.8, 4) is 0 Å². The summed E-state index contributed by atoms with van der Waals surface area (Å²) in [6.07, 6.45) is 2.61. The summed E-state index contributed by atoms with van der Waals surface area (Å²) in [7, 11) is 0. The minimum Gasteiger partial charge on any atom is -0.389 e. The topological polar surface area (TPSA) is 32.5 Å². The fourth-order valence-corrected chi connectivity index (χ4v) is 3.77. The smallest absolute Gasteiger partial charge is 0.107 e. The fraction of sp³-hybridized carbons (Fsp3) is 0.500. The Morgan fingerprint density at radius 2 is 2.16 bits per heavy atom. The number of benzene rings is 1. The summed E-state index contributed by atoms with van der Waals surface area (Å²) in [6, 6.07) is 6.57. The van der Waals surface area contributed by atoms with Gasteiger partial charge in [-0.15, -0.1) is 0 Å². The molecule has 1 atom stereocenters. The predicted octanol–water partition coefficient (Wildman–Crippen LogP) is 2.26. The van der Waals surface area contributed by atoms with Gasteiger partial charge >= 0.3 is 0 Å². The number of anilines is 1. The van der Waals surface area contributed by atoms with Crippen molar-refractivity contribution < 1.29 is 0 Å². The zero-order valence-electron chi connectivity index (χ0n) is 10.8. The average molecular weight is 296 g/mol. The molecule has 0 bridgehead atoms. The van der Waals surface area contributed by atoms with Crippen LogP contribution in [0.3, 0.4) is 0 Å². The molecule has 1 unspecified atom stereocenters. The highest BCUT2D eigenvalue weighted by Gasteiger charge is 2.31. The van der Waals surface area contributed by atoms with Gasteiger partial charge in [0, 0.05) is 31.4 Å². The standard InChI is InChI=1S/C14H18ClN3S/c15-11-4-1-5-12(13(11)14(16)19)18-8-7-17-6-2-3-10(17)9-18/h1,4-5,10H,2-3,6-9H2,(H2,16,19). The monoisotopic (exact) mass is 295 g/mol. The molecule has 2 aliphatic heterocycles. The zero-order valence-corrected chi connectivity index (χ0v) is 12.4. The normalized spacial score (nSPS) is 23.4. The van der Waals surface area contributed by atoms with E-state index in [0.29, 0.717) is 16.1 Å². The molecule has 3 rings (SSSR count). The number of piperazine rings is 1. The Labute approximate surface area is 124 Å². The molecule has 2 N–H and O–H groups in total. The lowest BCUT2D eigenvalue weighted by Crippen LogP contribution is -2.50. The van der Waals surface area contributed by atoms with Gasteiger partial charge in [-0.2, -0.15) is 0 Å². The molecule has 0 amide bonds. The molecule has 0 saturated carbocycles. The SMILES string of the molecule is NC(=S)c1c(Cl)cccc1N1CCN2CCCC2C1. The molecule has 102 valence electrons. The zero-order chi connectivity index (χ0) is 13.4. The number of halogens is 1. The largest absolute Gasteiger partial charge is 0.389 e. The van der Waals surface area contributed by atoms with Crippen molar-refractivity contribution in [1.29, 1.82) is 0 Å². The van der Waals surface area contributed by atoms with Gasteiger partial charge in [0.25, 0.3) is 0 Å². The van der Waals surface area contributed by atoms with Crippen molar-refractivity contribution in [3.63, 3.8) is 0 Å². The Bertz CT molecular complexity index is 505. The molecule has 2 fully saturated rings. The number of hydrogen-bond donors (Lipinski definition) is 1. The first-order valence-electron chi connectivity index (χ1n) is 6.74. The van der Waals surface area contributed by atoms with Crippen LogP contribution in [0.25, 0.3) is 0 Å². The highest BCUT2D eigenvalue weighted by Crippen LogP contribution is 2.31. The second-order valence-electron chi connectivity index (χ2n) is 5.28. The molecule has 1 aromatic rings. The van der Waals surface area contributed by atoms with Crippen molar-refractivity contribution in [2.45, 2.75) is 18.9 Å². The van der Waals surface area contributed by atoms with Crippen LogP contribution >= 0.6 is 23.8 Å². The Morgan fingerprint density at radius 3 is 2.95 bits per heavy atom. The maximum absolute atomic E-state index is 6.25. The van der Waals surface area contributed by atoms with E-state index < -0.39 is 0 Å². The summed E-state index contributed by atoms with van der Waals surface area (Å²) < 4.78 is 0. The van der Waals surface area contributed by atoms with Crippen LogP contribution in [0, 0.1) is 0 Å². The molecule has 2 saturated heterocycles. The van der Waals surface area contributed by atoms with Crippen molar-refractivity contribution in [2.75, 3.05) is 31.1 Å². The van der Waals surface area contributed by atoms with Crippen LogP contribution < -0.4 is 10.6 Å². The summed E-state index contributed by atoms with van der Waals surface area (Å²) in [5.41, 5.74) is 7.75. The van der Waals surface area contributed by atoms with E-state index in [0.717, 1.165) is 30.9 Å². The predicted molar refractivity (Wildman–Crippen MR) is 84.1 cm³/mol. The third kappa shape index (κ3) is 2.45. The number of rotatable bonds is 2. The molecule has 0 spiro atoms. The molecular formula is C14H18ClN3S. The summed E-state index contributed by atoms with van der Waals surface area (Å²) in [5.74, 6) is 0. The third-order valence-electron chi connectivity index (χ3n) is 4.17. The second kappa shape index (κ2) is 5.27. The van der Waals surface area contributed by atoms with Gasteiger partial charge in [0.1, 0.15) is 4.99 Å². The van der Waals surface area contributed by atoms with Crippen molar-refractivity contribution in [2.24, 2.45) is 5.73 Å². The van der Waals surface area contributed by atoms with Crippen LogP contribution in [0.2, 0.25) is 5.02 Å². The summed E-state index contributed by atoms with van der Waals surface area (Å²) in [6.45, 7) is 4.44. The first-order valence-corrected chi connectivity index (χ1v) is 7.53. The summed E-state index contributed by atoms with van der Waals surface area (Å²) in [5, 5.41) is 0.652. The van der Waals surface area contributed by atoms with Crippen LogP contribution in [0.15, 0.2) is 18.2 Å². The first-order chi connectivity index (χ1) is 9.16. The molecule has 19 heavy (non-hydrogen) atoms. The number of hydrogen-bond acceptors (Lipinski definition) is 3. The molecule has 2 heterocycles. The molecule has 3 nitrogen and oxygen atoms in total. The molecular weight excluding hydrogens is 278 g/mol. The molecule has 0 aromatic heterocycles. The number of thiocarbonyl (C=S) groups is 1. The molecule has 0 aliphatic carbocycles. The lowest BCUT2D eigenvalue weighted by atomic mass is 10.1. The van der Waals surface area contributed by atoms with Gasteiger partial charge in [0.15, 0.2) is 0 Å². The Kier molecular flexibility index (Phi) is 3.65. The van der Waals surface area contributed by atoms with Gasteiger partial charge < -0.3 is 10.6 Å². The minimum atomic E-state index is 0.384. The van der Waals surface area contributed by atoms with E-state index in [9.17, 15) is 0 Å². The molecule has 0 radical (unpaired) electrons. The average Bonchev–Trinajstić information content (AvgIpc) is 2.85. The van der Waals surface area contributed by atoms with E-state index in [1.807, 2.05) is 12.1 Å². The van der Waals surface area contributed by atoms with Crippen LogP contribution in [0.1, 0.15) is 18.4 Å². The van der Waals surface area contributed by atoms with Crippen molar-refractivity contribution >= 4 is 34.5 Å². The van der Waals surface area contributed by atoms with Crippen LogP contribution in [0.5, 0.6) is 0 Å². The Hall–Kier alpha value is -0.840. The first kappa shape index (κ1) is 13.2. The highest BCUT2D eigenvalue weighted by atomic mass is 35.5. The lowest BCUT2D eigenvalue weighted by Gasteiger charge is -2.39. The number of fused-ring (bicyclic) bond motifs is 1. The lowest BCUT2D eigenvalue weighted by molar-refractivity contribution is 0.231. The van der Waals surface area contributed by atoms with Gasteiger partial charge in [-0.3, -0.25) is 4.90 Å². The maximum atomic E-state index is 6.25. The van der Waals surface area contributed by atoms with Crippen LogP contribution in [0.4, 0.5) is 5.69 Å². The summed E-state index contributed by atoms with van der Waals surface area (Å²) in [4.78, 5) is 5.35.